The Morgan fingerprint density at radius 3 is 2.82 bits per heavy atom. The minimum absolute atomic E-state index is 0.283. The van der Waals surface area contributed by atoms with E-state index in [-0.39, 0.29) is 11.9 Å². The van der Waals surface area contributed by atoms with Crippen molar-refractivity contribution < 1.29 is 9.53 Å². The van der Waals surface area contributed by atoms with Gasteiger partial charge < -0.3 is 9.72 Å². The number of nitrogens with one attached hydrogen (secondary N) is 1. The van der Waals surface area contributed by atoms with Gasteiger partial charge in [0, 0.05) is 18.6 Å². The van der Waals surface area contributed by atoms with Crippen molar-refractivity contribution in [2.24, 2.45) is 0 Å². The Hall–Kier alpha value is -2.17. The number of esters is 1. The quantitative estimate of drug-likeness (QED) is 0.805. The molecule has 5 heteroatoms. The third-order valence-corrected chi connectivity index (χ3v) is 2.55. The molecular formula is C12H13N3O2. The highest BCUT2D eigenvalue weighted by Crippen LogP contribution is 2.19. The van der Waals surface area contributed by atoms with Crippen LogP contribution in [0.15, 0.2) is 37.1 Å². The highest BCUT2D eigenvalue weighted by Gasteiger charge is 2.23. The number of aromatic nitrogens is 3. The molecule has 0 spiro atoms. The zero-order chi connectivity index (χ0) is 12.1. The van der Waals surface area contributed by atoms with Crippen LogP contribution in [-0.2, 0) is 16.0 Å². The lowest BCUT2D eigenvalue weighted by molar-refractivity contribution is -0.142. The van der Waals surface area contributed by atoms with Crippen LogP contribution < -0.4 is 0 Å². The number of methoxy groups -OCH3 is 1. The third kappa shape index (κ3) is 2.69. The molecule has 17 heavy (non-hydrogen) atoms. The van der Waals surface area contributed by atoms with Crippen molar-refractivity contribution in [1.29, 1.82) is 0 Å². The van der Waals surface area contributed by atoms with Crippen molar-refractivity contribution in [3.63, 3.8) is 0 Å². The zero-order valence-corrected chi connectivity index (χ0v) is 9.46. The number of pyridine rings is 1. The van der Waals surface area contributed by atoms with E-state index >= 15 is 0 Å². The van der Waals surface area contributed by atoms with E-state index in [9.17, 15) is 4.79 Å². The Morgan fingerprint density at radius 2 is 2.24 bits per heavy atom. The molecule has 1 atom stereocenters. The molecule has 0 fully saturated rings. The summed E-state index contributed by atoms with van der Waals surface area (Å²) in [5.74, 6) is -0.664. The first-order valence-electron chi connectivity index (χ1n) is 5.26. The van der Waals surface area contributed by atoms with Crippen LogP contribution in [0.5, 0.6) is 0 Å². The first-order valence-corrected chi connectivity index (χ1v) is 5.26. The van der Waals surface area contributed by atoms with Gasteiger partial charge in [0.15, 0.2) is 0 Å². The highest BCUT2D eigenvalue weighted by atomic mass is 16.5. The fraction of sp³-hybridized carbons (Fsp3) is 0.250. The van der Waals surface area contributed by atoms with Crippen LogP contribution in [0, 0.1) is 0 Å². The average Bonchev–Trinajstić information content (AvgIpc) is 2.90. The maximum Gasteiger partial charge on any atom is 0.315 e. The standard InChI is InChI=1S/C12H13N3O2/c1-17-12(16)10(11-7-14-8-15-11)6-9-2-4-13-5-3-9/h2-5,7-8,10H,6H2,1H3,(H,14,15). The maximum atomic E-state index is 11.7. The number of rotatable bonds is 4. The smallest absolute Gasteiger partial charge is 0.315 e. The molecule has 1 N–H and O–H groups in total. The Labute approximate surface area is 98.9 Å². The maximum absolute atomic E-state index is 11.7. The minimum Gasteiger partial charge on any atom is -0.468 e. The molecule has 0 saturated carbocycles. The van der Waals surface area contributed by atoms with Crippen LogP contribution in [0.1, 0.15) is 17.2 Å². The van der Waals surface area contributed by atoms with Gasteiger partial charge in [-0.15, -0.1) is 0 Å². The van der Waals surface area contributed by atoms with Crippen LogP contribution in [0.25, 0.3) is 0 Å². The molecule has 2 aromatic rings. The van der Waals surface area contributed by atoms with E-state index in [1.54, 1.807) is 24.9 Å². The van der Waals surface area contributed by atoms with Crippen LogP contribution in [0.2, 0.25) is 0 Å². The molecule has 2 rings (SSSR count). The van der Waals surface area contributed by atoms with Crippen molar-refractivity contribution in [2.75, 3.05) is 7.11 Å². The molecule has 88 valence electrons. The molecule has 1 unspecified atom stereocenters. The first kappa shape index (κ1) is 11.3. The summed E-state index contributed by atoms with van der Waals surface area (Å²) in [5.41, 5.74) is 1.71. The van der Waals surface area contributed by atoms with Crippen LogP contribution in [0.4, 0.5) is 0 Å². The molecule has 0 bridgehead atoms. The predicted octanol–water partition coefficient (Wildman–Crippen LogP) is 1.30. The fourth-order valence-corrected chi connectivity index (χ4v) is 1.67. The SMILES string of the molecule is COC(=O)C(Cc1ccncc1)c1c[nH]cn1. The van der Waals surface area contributed by atoms with Gasteiger partial charge >= 0.3 is 5.97 Å². The number of imidazole rings is 1. The number of carbonyl (C=O) groups is 1. The van der Waals surface area contributed by atoms with Crippen molar-refractivity contribution in [3.05, 3.63) is 48.3 Å². The number of H-pyrrole nitrogens is 1. The van der Waals surface area contributed by atoms with Gasteiger partial charge in [0.1, 0.15) is 5.92 Å². The molecule has 2 aromatic heterocycles. The van der Waals surface area contributed by atoms with Crippen LogP contribution in [0.3, 0.4) is 0 Å². The summed E-state index contributed by atoms with van der Waals surface area (Å²) in [5, 5.41) is 0. The van der Waals surface area contributed by atoms with Gasteiger partial charge in [-0.1, -0.05) is 0 Å². The number of hydrogen-bond donors (Lipinski definition) is 1. The molecule has 0 radical (unpaired) electrons. The predicted molar refractivity (Wildman–Crippen MR) is 61.3 cm³/mol. The summed E-state index contributed by atoms with van der Waals surface area (Å²) in [7, 11) is 1.38. The number of hydrogen-bond acceptors (Lipinski definition) is 4. The van der Waals surface area contributed by atoms with Gasteiger partial charge in [-0.05, 0) is 24.1 Å². The summed E-state index contributed by atoms with van der Waals surface area (Å²) in [4.78, 5) is 22.6. The van der Waals surface area contributed by atoms with E-state index in [1.807, 2.05) is 12.1 Å². The van der Waals surface area contributed by atoms with E-state index in [0.717, 1.165) is 5.56 Å². The van der Waals surface area contributed by atoms with Gasteiger partial charge in [0.25, 0.3) is 0 Å². The summed E-state index contributed by atoms with van der Waals surface area (Å²) < 4.78 is 4.80. The Bertz CT molecular complexity index is 468. The molecule has 2 heterocycles. The average molecular weight is 231 g/mol. The van der Waals surface area contributed by atoms with Crippen molar-refractivity contribution in [1.82, 2.24) is 15.0 Å². The molecule has 5 nitrogen and oxygen atoms in total. The lowest BCUT2D eigenvalue weighted by Gasteiger charge is -2.12. The summed E-state index contributed by atoms with van der Waals surface area (Å²) in [6.07, 6.45) is 7.23. The topological polar surface area (TPSA) is 67.9 Å². The molecule has 0 amide bonds. The Kier molecular flexibility index (Phi) is 3.49. The van der Waals surface area contributed by atoms with E-state index in [0.29, 0.717) is 12.1 Å². The fourth-order valence-electron chi connectivity index (χ4n) is 1.67. The monoisotopic (exact) mass is 231 g/mol. The highest BCUT2D eigenvalue weighted by molar-refractivity contribution is 5.77. The van der Waals surface area contributed by atoms with Gasteiger partial charge in [-0.2, -0.15) is 0 Å². The van der Waals surface area contributed by atoms with Gasteiger partial charge in [0.05, 0.1) is 19.1 Å². The van der Waals surface area contributed by atoms with Crippen molar-refractivity contribution in [2.45, 2.75) is 12.3 Å². The number of nitrogens with zero attached hydrogens (tertiary/aromatic N) is 2. The van der Waals surface area contributed by atoms with Gasteiger partial charge in [0.2, 0.25) is 0 Å². The second-order valence-corrected chi connectivity index (χ2v) is 3.63. The van der Waals surface area contributed by atoms with Crippen LogP contribution in [-0.4, -0.2) is 28.0 Å². The lowest BCUT2D eigenvalue weighted by atomic mass is 9.97. The molecule has 0 saturated heterocycles. The van der Waals surface area contributed by atoms with E-state index in [2.05, 4.69) is 15.0 Å². The first-order chi connectivity index (χ1) is 8.31. The Morgan fingerprint density at radius 1 is 1.47 bits per heavy atom. The summed E-state index contributed by atoms with van der Waals surface area (Å²) in [6, 6.07) is 3.76. The Balaban J connectivity index is 2.20. The largest absolute Gasteiger partial charge is 0.468 e. The van der Waals surface area contributed by atoms with Crippen molar-refractivity contribution in [3.8, 4) is 0 Å². The van der Waals surface area contributed by atoms with E-state index in [1.165, 1.54) is 7.11 Å². The molecule has 0 aliphatic carbocycles. The normalized spacial score (nSPS) is 12.1. The second kappa shape index (κ2) is 5.25. The number of carbonyl (C=O) groups excluding carboxylic acids is 1. The summed E-state index contributed by atoms with van der Waals surface area (Å²) in [6.45, 7) is 0. The van der Waals surface area contributed by atoms with E-state index in [4.69, 9.17) is 4.74 Å². The number of ether oxygens (including phenoxy) is 1. The lowest BCUT2D eigenvalue weighted by Crippen LogP contribution is -2.17. The van der Waals surface area contributed by atoms with Crippen LogP contribution >= 0.6 is 0 Å². The van der Waals surface area contributed by atoms with Gasteiger partial charge in [-0.3, -0.25) is 9.78 Å². The molecular weight excluding hydrogens is 218 g/mol. The minimum atomic E-state index is -0.381. The molecule has 0 aliphatic rings. The molecule has 0 aliphatic heterocycles. The van der Waals surface area contributed by atoms with E-state index < -0.39 is 0 Å². The third-order valence-electron chi connectivity index (χ3n) is 2.55. The second-order valence-electron chi connectivity index (χ2n) is 3.63. The van der Waals surface area contributed by atoms with Crippen molar-refractivity contribution >= 4 is 5.97 Å². The zero-order valence-electron chi connectivity index (χ0n) is 9.46. The summed E-state index contributed by atoms with van der Waals surface area (Å²) >= 11 is 0. The molecule has 0 aromatic carbocycles. The van der Waals surface area contributed by atoms with Gasteiger partial charge in [-0.25, -0.2) is 4.98 Å². The number of aromatic amines is 1.